The molecule has 96 valence electrons. The van der Waals surface area contributed by atoms with Crippen LogP contribution in [0.4, 0.5) is 11.5 Å². The third kappa shape index (κ3) is 2.35. The summed E-state index contributed by atoms with van der Waals surface area (Å²) >= 11 is 0. The first-order valence-electron chi connectivity index (χ1n) is 6.12. The van der Waals surface area contributed by atoms with E-state index in [0.717, 1.165) is 28.3 Å². The summed E-state index contributed by atoms with van der Waals surface area (Å²) in [5.41, 5.74) is 9.61. The van der Waals surface area contributed by atoms with Crippen molar-refractivity contribution in [3.63, 3.8) is 0 Å². The van der Waals surface area contributed by atoms with Gasteiger partial charge in [0, 0.05) is 24.6 Å². The summed E-state index contributed by atoms with van der Waals surface area (Å²) in [6.07, 6.45) is 3.58. The molecule has 0 aliphatic carbocycles. The zero-order valence-electron chi connectivity index (χ0n) is 10.7. The van der Waals surface area contributed by atoms with E-state index < -0.39 is 0 Å². The molecule has 0 atom stereocenters. The van der Waals surface area contributed by atoms with Crippen LogP contribution in [0.25, 0.3) is 5.52 Å². The van der Waals surface area contributed by atoms with Gasteiger partial charge in [0.2, 0.25) is 0 Å². The molecule has 1 aromatic carbocycles. The van der Waals surface area contributed by atoms with Crippen LogP contribution in [0.5, 0.6) is 0 Å². The van der Waals surface area contributed by atoms with Crippen molar-refractivity contribution in [1.29, 1.82) is 0 Å². The summed E-state index contributed by atoms with van der Waals surface area (Å²) in [5.74, 6) is 0.825. The molecule has 19 heavy (non-hydrogen) atoms. The van der Waals surface area contributed by atoms with Crippen LogP contribution < -0.4 is 11.1 Å². The summed E-state index contributed by atoms with van der Waals surface area (Å²) in [6, 6.07) is 9.82. The number of benzene rings is 1. The fourth-order valence-corrected chi connectivity index (χ4v) is 2.07. The van der Waals surface area contributed by atoms with Crippen LogP contribution in [0.15, 0.2) is 42.7 Å². The van der Waals surface area contributed by atoms with E-state index in [-0.39, 0.29) is 0 Å². The van der Waals surface area contributed by atoms with Gasteiger partial charge in [-0.3, -0.25) is 0 Å². The van der Waals surface area contributed by atoms with Gasteiger partial charge in [-0.25, -0.2) is 9.50 Å². The maximum absolute atomic E-state index is 5.76. The maximum atomic E-state index is 5.76. The van der Waals surface area contributed by atoms with Gasteiger partial charge >= 0.3 is 0 Å². The molecular formula is C14H15N5. The van der Waals surface area contributed by atoms with Gasteiger partial charge < -0.3 is 11.1 Å². The van der Waals surface area contributed by atoms with Gasteiger partial charge in [0.15, 0.2) is 5.82 Å². The first kappa shape index (κ1) is 11.5. The Labute approximate surface area is 111 Å². The average Bonchev–Trinajstić information content (AvgIpc) is 2.77. The number of aromatic nitrogens is 3. The lowest BCUT2D eigenvalue weighted by atomic mass is 10.2. The topological polar surface area (TPSA) is 68.2 Å². The van der Waals surface area contributed by atoms with Gasteiger partial charge in [0.1, 0.15) is 5.52 Å². The SMILES string of the molecule is Cc1cc2c(NCc3cccc(N)c3)nccn2n1. The molecule has 0 fully saturated rings. The second-order valence-electron chi connectivity index (χ2n) is 4.49. The molecule has 3 aromatic rings. The van der Waals surface area contributed by atoms with Gasteiger partial charge in [0.05, 0.1) is 5.69 Å². The Balaban J connectivity index is 1.85. The monoisotopic (exact) mass is 253 g/mol. The minimum atomic E-state index is 0.682. The quantitative estimate of drug-likeness (QED) is 0.702. The zero-order chi connectivity index (χ0) is 13.2. The van der Waals surface area contributed by atoms with Crippen molar-refractivity contribution in [3.05, 3.63) is 54.0 Å². The van der Waals surface area contributed by atoms with E-state index in [0.29, 0.717) is 6.54 Å². The second-order valence-corrected chi connectivity index (χ2v) is 4.49. The van der Waals surface area contributed by atoms with Crippen LogP contribution >= 0.6 is 0 Å². The predicted octanol–water partition coefficient (Wildman–Crippen LogP) is 2.23. The van der Waals surface area contributed by atoms with Crippen LogP contribution in [0.1, 0.15) is 11.3 Å². The van der Waals surface area contributed by atoms with Crippen molar-refractivity contribution in [2.24, 2.45) is 0 Å². The summed E-state index contributed by atoms with van der Waals surface area (Å²) in [6.45, 7) is 2.65. The highest BCUT2D eigenvalue weighted by atomic mass is 15.2. The molecule has 0 saturated carbocycles. The summed E-state index contributed by atoms with van der Waals surface area (Å²) in [5, 5.41) is 7.68. The van der Waals surface area contributed by atoms with Gasteiger partial charge in [-0.05, 0) is 30.7 Å². The molecule has 0 bridgehead atoms. The van der Waals surface area contributed by atoms with E-state index in [9.17, 15) is 0 Å². The van der Waals surface area contributed by atoms with E-state index in [1.807, 2.05) is 48.0 Å². The van der Waals surface area contributed by atoms with Gasteiger partial charge in [-0.1, -0.05) is 12.1 Å². The first-order chi connectivity index (χ1) is 9.22. The number of hydrogen-bond acceptors (Lipinski definition) is 4. The van der Waals surface area contributed by atoms with Crippen molar-refractivity contribution in [3.8, 4) is 0 Å². The van der Waals surface area contributed by atoms with E-state index in [1.165, 1.54) is 0 Å². The molecule has 2 heterocycles. The number of aryl methyl sites for hydroxylation is 1. The molecule has 0 unspecified atom stereocenters. The minimum absolute atomic E-state index is 0.682. The smallest absolute Gasteiger partial charge is 0.152 e. The fraction of sp³-hybridized carbons (Fsp3) is 0.143. The molecule has 0 radical (unpaired) electrons. The number of nitrogen functional groups attached to an aromatic ring is 1. The number of hydrogen-bond donors (Lipinski definition) is 2. The van der Waals surface area contributed by atoms with Crippen LogP contribution in [0, 0.1) is 6.92 Å². The lowest BCUT2D eigenvalue weighted by Crippen LogP contribution is -2.03. The van der Waals surface area contributed by atoms with Gasteiger partial charge in [0.25, 0.3) is 0 Å². The summed E-state index contributed by atoms with van der Waals surface area (Å²) in [7, 11) is 0. The standard InChI is InChI=1S/C14H15N5/c1-10-7-13-14(16-5-6-19(13)18-10)17-9-11-3-2-4-12(15)8-11/h2-8H,9,15H2,1H3,(H,16,17). The lowest BCUT2D eigenvalue weighted by Gasteiger charge is -2.07. The normalized spacial score (nSPS) is 10.8. The first-order valence-corrected chi connectivity index (χ1v) is 6.12. The molecular weight excluding hydrogens is 238 g/mol. The largest absolute Gasteiger partial charge is 0.399 e. The van der Waals surface area contributed by atoms with Crippen molar-refractivity contribution >= 4 is 17.0 Å². The Morgan fingerprint density at radius 3 is 3.05 bits per heavy atom. The highest BCUT2D eigenvalue weighted by Gasteiger charge is 2.04. The van der Waals surface area contributed by atoms with Crippen LogP contribution in [-0.4, -0.2) is 14.6 Å². The van der Waals surface area contributed by atoms with Crippen molar-refractivity contribution in [2.45, 2.75) is 13.5 Å². The van der Waals surface area contributed by atoms with E-state index in [2.05, 4.69) is 15.4 Å². The average molecular weight is 253 g/mol. The van der Waals surface area contributed by atoms with Crippen LogP contribution in [-0.2, 0) is 6.54 Å². The third-order valence-electron chi connectivity index (χ3n) is 2.92. The third-order valence-corrected chi connectivity index (χ3v) is 2.92. The van der Waals surface area contributed by atoms with E-state index in [1.54, 1.807) is 6.20 Å². The van der Waals surface area contributed by atoms with Crippen LogP contribution in [0.3, 0.4) is 0 Å². The molecule has 0 aliphatic heterocycles. The van der Waals surface area contributed by atoms with Crippen molar-refractivity contribution < 1.29 is 0 Å². The van der Waals surface area contributed by atoms with Gasteiger partial charge in [-0.2, -0.15) is 5.10 Å². The summed E-state index contributed by atoms with van der Waals surface area (Å²) < 4.78 is 1.82. The summed E-state index contributed by atoms with van der Waals surface area (Å²) in [4.78, 5) is 4.35. The van der Waals surface area contributed by atoms with Crippen molar-refractivity contribution in [2.75, 3.05) is 11.1 Å². The zero-order valence-corrected chi connectivity index (χ0v) is 10.7. The Morgan fingerprint density at radius 2 is 2.21 bits per heavy atom. The van der Waals surface area contributed by atoms with E-state index in [4.69, 9.17) is 5.73 Å². The molecule has 0 aliphatic rings. The molecule has 0 saturated heterocycles. The number of nitrogens with two attached hydrogens (primary N) is 1. The number of anilines is 2. The van der Waals surface area contributed by atoms with Crippen molar-refractivity contribution in [1.82, 2.24) is 14.6 Å². The number of nitrogens with one attached hydrogen (secondary N) is 1. The lowest BCUT2D eigenvalue weighted by molar-refractivity contribution is 0.920. The maximum Gasteiger partial charge on any atom is 0.152 e. The molecule has 3 N–H and O–H groups in total. The van der Waals surface area contributed by atoms with Crippen LogP contribution in [0.2, 0.25) is 0 Å². The predicted molar refractivity (Wildman–Crippen MR) is 75.9 cm³/mol. The molecule has 2 aromatic heterocycles. The minimum Gasteiger partial charge on any atom is -0.399 e. The Bertz CT molecular complexity index is 717. The number of nitrogens with zero attached hydrogens (tertiary/aromatic N) is 3. The van der Waals surface area contributed by atoms with E-state index >= 15 is 0 Å². The molecule has 5 nitrogen and oxygen atoms in total. The Morgan fingerprint density at radius 1 is 1.32 bits per heavy atom. The Hall–Kier alpha value is -2.56. The highest BCUT2D eigenvalue weighted by Crippen LogP contribution is 2.16. The highest BCUT2D eigenvalue weighted by molar-refractivity contribution is 5.67. The second kappa shape index (κ2) is 4.61. The molecule has 5 heteroatoms. The molecule has 0 spiro atoms. The Kier molecular flexibility index (Phi) is 2.79. The molecule has 0 amide bonds. The number of rotatable bonds is 3. The van der Waals surface area contributed by atoms with Gasteiger partial charge in [-0.15, -0.1) is 0 Å². The fourth-order valence-electron chi connectivity index (χ4n) is 2.07. The number of fused-ring (bicyclic) bond motifs is 1. The molecule has 3 rings (SSSR count).